The van der Waals surface area contributed by atoms with Crippen molar-refractivity contribution >= 4 is 23.0 Å². The van der Waals surface area contributed by atoms with Crippen LogP contribution in [0.5, 0.6) is 11.5 Å². The van der Waals surface area contributed by atoms with E-state index in [0.717, 1.165) is 35.6 Å². The molecule has 1 heterocycles. The average Bonchev–Trinajstić information content (AvgIpc) is 3.02. The van der Waals surface area contributed by atoms with Crippen molar-refractivity contribution in [3.8, 4) is 11.5 Å². The average molecular weight is 352 g/mol. The second-order valence-electron chi connectivity index (χ2n) is 6.32. The van der Waals surface area contributed by atoms with Crippen molar-refractivity contribution < 1.29 is 14.3 Å². The van der Waals surface area contributed by atoms with Crippen molar-refractivity contribution in [3.05, 3.63) is 48.0 Å². The van der Waals surface area contributed by atoms with Crippen molar-refractivity contribution in [2.24, 2.45) is 4.99 Å². The highest BCUT2D eigenvalue weighted by Gasteiger charge is 2.44. The van der Waals surface area contributed by atoms with E-state index in [2.05, 4.69) is 24.2 Å². The lowest BCUT2D eigenvalue weighted by atomic mass is 9.73. The van der Waals surface area contributed by atoms with Gasteiger partial charge in [0.15, 0.2) is 0 Å². The van der Waals surface area contributed by atoms with Crippen molar-refractivity contribution in [2.45, 2.75) is 32.1 Å². The van der Waals surface area contributed by atoms with Gasteiger partial charge >= 0.3 is 0 Å². The number of amides is 1. The molecule has 5 heteroatoms. The van der Waals surface area contributed by atoms with E-state index in [-0.39, 0.29) is 5.91 Å². The number of carbonyl (C=O) groups excluding carboxylic acids is 1. The van der Waals surface area contributed by atoms with Gasteiger partial charge in [0.05, 0.1) is 19.9 Å². The van der Waals surface area contributed by atoms with E-state index in [1.165, 1.54) is 0 Å². The van der Waals surface area contributed by atoms with Crippen molar-refractivity contribution in [2.75, 3.05) is 19.5 Å². The minimum Gasteiger partial charge on any atom is -0.497 e. The molecule has 0 saturated carbocycles. The van der Waals surface area contributed by atoms with E-state index in [4.69, 9.17) is 9.47 Å². The molecule has 3 rings (SSSR count). The number of aliphatic imine (C=N–C) groups is 1. The second-order valence-corrected chi connectivity index (χ2v) is 6.32. The van der Waals surface area contributed by atoms with Crippen LogP contribution in [-0.4, -0.2) is 25.8 Å². The molecule has 2 aromatic rings. The molecule has 0 unspecified atom stereocenters. The number of hydrogen-bond donors (Lipinski definition) is 1. The molecule has 5 nitrogen and oxygen atoms in total. The van der Waals surface area contributed by atoms with Gasteiger partial charge in [-0.1, -0.05) is 13.8 Å². The molecular formula is C21H24N2O3. The highest BCUT2D eigenvalue weighted by molar-refractivity contribution is 6.47. The number of nitrogens with zero attached hydrogens (tertiary/aromatic N) is 1. The van der Waals surface area contributed by atoms with Gasteiger partial charge in [-0.2, -0.15) is 0 Å². The summed E-state index contributed by atoms with van der Waals surface area (Å²) in [5, 5.41) is 2.97. The van der Waals surface area contributed by atoms with Gasteiger partial charge in [0.2, 0.25) is 0 Å². The highest BCUT2D eigenvalue weighted by Crippen LogP contribution is 2.46. The summed E-state index contributed by atoms with van der Waals surface area (Å²) in [6, 6.07) is 13.1. The maximum atomic E-state index is 13.0. The Labute approximate surface area is 154 Å². The summed E-state index contributed by atoms with van der Waals surface area (Å²) >= 11 is 0. The fourth-order valence-electron chi connectivity index (χ4n) is 3.58. The Morgan fingerprint density at radius 1 is 1.00 bits per heavy atom. The Bertz CT molecular complexity index is 837. The molecule has 0 fully saturated rings. The first-order valence-electron chi connectivity index (χ1n) is 8.81. The quantitative estimate of drug-likeness (QED) is 0.833. The van der Waals surface area contributed by atoms with Crippen molar-refractivity contribution in [1.29, 1.82) is 0 Å². The van der Waals surface area contributed by atoms with E-state index in [0.29, 0.717) is 11.4 Å². The van der Waals surface area contributed by atoms with Gasteiger partial charge in [-0.05, 0) is 60.9 Å². The predicted molar refractivity (Wildman–Crippen MR) is 104 cm³/mol. The van der Waals surface area contributed by atoms with Crippen LogP contribution >= 0.6 is 0 Å². The zero-order valence-corrected chi connectivity index (χ0v) is 15.6. The number of hydrogen-bond acceptors (Lipinski definition) is 4. The third kappa shape index (κ3) is 2.94. The first kappa shape index (κ1) is 18.0. The third-order valence-corrected chi connectivity index (χ3v) is 5.17. The van der Waals surface area contributed by atoms with E-state index in [1.807, 2.05) is 42.5 Å². The van der Waals surface area contributed by atoms with Gasteiger partial charge in [-0.3, -0.25) is 4.79 Å². The zero-order chi connectivity index (χ0) is 18.7. The molecule has 1 amide bonds. The molecule has 2 aromatic carbocycles. The lowest BCUT2D eigenvalue weighted by Gasteiger charge is -2.29. The van der Waals surface area contributed by atoms with Gasteiger partial charge in [-0.25, -0.2) is 4.99 Å². The Kier molecular flexibility index (Phi) is 4.98. The standard InChI is InChI=1S/C21H24N2O3/c1-5-21(6-2)17-13-16(26-4)11-12-18(17)23-19(21)20(24)22-14-7-9-15(25-3)10-8-14/h7-13H,5-6H2,1-4H3,(H,22,24). The van der Waals surface area contributed by atoms with Gasteiger partial charge in [0.25, 0.3) is 5.91 Å². The van der Waals surface area contributed by atoms with Crippen LogP contribution in [-0.2, 0) is 10.2 Å². The van der Waals surface area contributed by atoms with Gasteiger partial charge in [0, 0.05) is 11.1 Å². The van der Waals surface area contributed by atoms with E-state index in [1.54, 1.807) is 14.2 Å². The minimum atomic E-state index is -0.402. The smallest absolute Gasteiger partial charge is 0.271 e. The fourth-order valence-corrected chi connectivity index (χ4v) is 3.58. The molecule has 1 aliphatic heterocycles. The highest BCUT2D eigenvalue weighted by atomic mass is 16.5. The SMILES string of the molecule is CCC1(CC)C(C(=O)Nc2ccc(OC)cc2)=Nc2ccc(OC)cc21. The van der Waals surface area contributed by atoms with E-state index < -0.39 is 5.41 Å². The van der Waals surface area contributed by atoms with Gasteiger partial charge in [-0.15, -0.1) is 0 Å². The molecule has 1 N–H and O–H groups in total. The monoisotopic (exact) mass is 352 g/mol. The number of anilines is 1. The molecule has 0 saturated heterocycles. The van der Waals surface area contributed by atoms with Crippen LogP contribution in [0.2, 0.25) is 0 Å². The molecule has 0 radical (unpaired) electrons. The van der Waals surface area contributed by atoms with Crippen LogP contribution in [0.15, 0.2) is 47.5 Å². The molecule has 0 spiro atoms. The predicted octanol–water partition coefficient (Wildman–Crippen LogP) is 4.49. The molecule has 0 aromatic heterocycles. The normalized spacial score (nSPS) is 14.4. The number of rotatable bonds is 6. The lowest BCUT2D eigenvalue weighted by Crippen LogP contribution is -2.40. The number of nitrogens with one attached hydrogen (secondary N) is 1. The number of carbonyl (C=O) groups is 1. The molecule has 0 atom stereocenters. The largest absolute Gasteiger partial charge is 0.497 e. The summed E-state index contributed by atoms with van der Waals surface area (Å²) in [4.78, 5) is 17.7. The van der Waals surface area contributed by atoms with Crippen LogP contribution < -0.4 is 14.8 Å². The summed E-state index contributed by atoms with van der Waals surface area (Å²) in [6.45, 7) is 4.18. The Hall–Kier alpha value is -2.82. The second kappa shape index (κ2) is 7.20. The summed E-state index contributed by atoms with van der Waals surface area (Å²) in [5.74, 6) is 1.35. The molecule has 0 bridgehead atoms. The van der Waals surface area contributed by atoms with Gasteiger partial charge in [0.1, 0.15) is 17.2 Å². The van der Waals surface area contributed by atoms with Crippen LogP contribution in [0.1, 0.15) is 32.3 Å². The number of benzene rings is 2. The third-order valence-electron chi connectivity index (χ3n) is 5.17. The van der Waals surface area contributed by atoms with Crippen LogP contribution in [0.4, 0.5) is 11.4 Å². The Morgan fingerprint density at radius 2 is 1.62 bits per heavy atom. The van der Waals surface area contributed by atoms with E-state index in [9.17, 15) is 4.79 Å². The maximum Gasteiger partial charge on any atom is 0.271 e. The number of methoxy groups -OCH3 is 2. The summed E-state index contributed by atoms with van der Waals surface area (Å²) in [7, 11) is 3.26. The van der Waals surface area contributed by atoms with E-state index >= 15 is 0 Å². The van der Waals surface area contributed by atoms with Crippen LogP contribution in [0.3, 0.4) is 0 Å². The molecule has 26 heavy (non-hydrogen) atoms. The topological polar surface area (TPSA) is 59.9 Å². The van der Waals surface area contributed by atoms with Crippen molar-refractivity contribution in [1.82, 2.24) is 0 Å². The lowest BCUT2D eigenvalue weighted by molar-refractivity contribution is -0.110. The number of fused-ring (bicyclic) bond motifs is 1. The van der Waals surface area contributed by atoms with Crippen molar-refractivity contribution in [3.63, 3.8) is 0 Å². The summed E-state index contributed by atoms with van der Waals surface area (Å²) in [6.07, 6.45) is 1.58. The van der Waals surface area contributed by atoms with Crippen LogP contribution in [0.25, 0.3) is 0 Å². The zero-order valence-electron chi connectivity index (χ0n) is 15.6. The molecular weight excluding hydrogens is 328 g/mol. The molecule has 1 aliphatic rings. The molecule has 136 valence electrons. The molecule has 0 aliphatic carbocycles. The minimum absolute atomic E-state index is 0.172. The maximum absolute atomic E-state index is 13.0. The van der Waals surface area contributed by atoms with Gasteiger partial charge < -0.3 is 14.8 Å². The number of ether oxygens (including phenoxy) is 2. The summed E-state index contributed by atoms with van der Waals surface area (Å²) in [5.41, 5.74) is 2.77. The fraction of sp³-hybridized carbons (Fsp3) is 0.333. The Morgan fingerprint density at radius 3 is 2.19 bits per heavy atom. The summed E-state index contributed by atoms with van der Waals surface area (Å²) < 4.78 is 10.5. The first-order valence-corrected chi connectivity index (χ1v) is 8.81. The Balaban J connectivity index is 1.93. The van der Waals surface area contributed by atoms with Crippen LogP contribution in [0, 0.1) is 0 Å². The first-order chi connectivity index (χ1) is 12.6.